The summed E-state index contributed by atoms with van der Waals surface area (Å²) in [5.41, 5.74) is 1.22. The SMILES string of the molecule is CCCCCC(CCCCC)CC(C(=O)O)C1=CCCCC1. The first-order valence-corrected chi connectivity index (χ1v) is 9.60. The third-order valence-electron chi connectivity index (χ3n) is 5.07. The van der Waals surface area contributed by atoms with Gasteiger partial charge in [0.2, 0.25) is 0 Å². The fraction of sp³-hybridized carbons (Fsp3) is 0.850. The van der Waals surface area contributed by atoms with Gasteiger partial charge in [-0.15, -0.1) is 0 Å². The van der Waals surface area contributed by atoms with Gasteiger partial charge in [-0.2, -0.15) is 0 Å². The van der Waals surface area contributed by atoms with E-state index in [1.165, 1.54) is 69.8 Å². The average Bonchev–Trinajstić information content (AvgIpc) is 2.53. The number of aliphatic carboxylic acids is 1. The molecule has 0 aromatic heterocycles. The summed E-state index contributed by atoms with van der Waals surface area (Å²) in [6.45, 7) is 4.47. The Hall–Kier alpha value is -0.790. The lowest BCUT2D eigenvalue weighted by molar-refractivity contribution is -0.141. The van der Waals surface area contributed by atoms with Crippen LogP contribution in [-0.2, 0) is 4.79 Å². The maximum atomic E-state index is 11.8. The van der Waals surface area contributed by atoms with E-state index in [2.05, 4.69) is 19.9 Å². The van der Waals surface area contributed by atoms with Crippen LogP contribution >= 0.6 is 0 Å². The molecular weight excluding hydrogens is 272 g/mol. The predicted octanol–water partition coefficient (Wildman–Crippen LogP) is 6.35. The molecule has 128 valence electrons. The summed E-state index contributed by atoms with van der Waals surface area (Å²) in [4.78, 5) is 11.8. The molecule has 1 atom stereocenters. The lowest BCUT2D eigenvalue weighted by atomic mass is 9.80. The second-order valence-electron chi connectivity index (χ2n) is 7.01. The first kappa shape index (κ1) is 19.3. The van der Waals surface area contributed by atoms with E-state index in [0.29, 0.717) is 5.92 Å². The van der Waals surface area contributed by atoms with E-state index in [1.807, 2.05) is 0 Å². The van der Waals surface area contributed by atoms with Gasteiger partial charge in [-0.25, -0.2) is 0 Å². The van der Waals surface area contributed by atoms with Crippen LogP contribution in [0.15, 0.2) is 11.6 Å². The Bertz CT molecular complexity index is 323. The van der Waals surface area contributed by atoms with E-state index in [0.717, 1.165) is 19.3 Å². The summed E-state index contributed by atoms with van der Waals surface area (Å²) in [6.07, 6.45) is 17.6. The Kier molecular flexibility index (Phi) is 10.3. The topological polar surface area (TPSA) is 37.3 Å². The van der Waals surface area contributed by atoms with Crippen molar-refractivity contribution in [3.05, 3.63) is 11.6 Å². The van der Waals surface area contributed by atoms with Gasteiger partial charge in [-0.1, -0.05) is 76.9 Å². The van der Waals surface area contributed by atoms with Crippen LogP contribution in [0, 0.1) is 11.8 Å². The molecule has 1 aliphatic carbocycles. The van der Waals surface area contributed by atoms with Gasteiger partial charge < -0.3 is 5.11 Å². The molecule has 1 aliphatic rings. The number of unbranched alkanes of at least 4 members (excludes halogenated alkanes) is 4. The molecule has 0 aliphatic heterocycles. The molecule has 0 spiro atoms. The van der Waals surface area contributed by atoms with Gasteiger partial charge in [0.1, 0.15) is 0 Å². The van der Waals surface area contributed by atoms with E-state index in [4.69, 9.17) is 0 Å². The molecule has 1 rings (SSSR count). The molecule has 0 aromatic rings. The number of carboxylic acid groups (broad SMARTS) is 1. The number of carbonyl (C=O) groups is 1. The summed E-state index contributed by atoms with van der Waals surface area (Å²) in [7, 11) is 0. The second-order valence-corrected chi connectivity index (χ2v) is 7.01. The van der Waals surface area contributed by atoms with E-state index in [9.17, 15) is 9.90 Å². The first-order chi connectivity index (χ1) is 10.7. The van der Waals surface area contributed by atoms with Crippen LogP contribution in [0.4, 0.5) is 0 Å². The van der Waals surface area contributed by atoms with Gasteiger partial charge in [0.05, 0.1) is 5.92 Å². The van der Waals surface area contributed by atoms with Crippen molar-refractivity contribution in [3.8, 4) is 0 Å². The molecule has 0 amide bonds. The van der Waals surface area contributed by atoms with Crippen LogP contribution in [0.3, 0.4) is 0 Å². The lowest BCUT2D eigenvalue weighted by Gasteiger charge is -2.25. The minimum Gasteiger partial charge on any atom is -0.481 e. The summed E-state index contributed by atoms with van der Waals surface area (Å²) in [5, 5.41) is 9.68. The Morgan fingerprint density at radius 1 is 1.09 bits per heavy atom. The zero-order valence-corrected chi connectivity index (χ0v) is 14.8. The molecule has 0 bridgehead atoms. The molecule has 22 heavy (non-hydrogen) atoms. The van der Waals surface area contributed by atoms with Crippen molar-refractivity contribution in [2.75, 3.05) is 0 Å². The highest BCUT2D eigenvalue weighted by Crippen LogP contribution is 2.32. The van der Waals surface area contributed by atoms with Gasteiger partial charge in [0.15, 0.2) is 0 Å². The van der Waals surface area contributed by atoms with Crippen LogP contribution < -0.4 is 0 Å². The minimum absolute atomic E-state index is 0.214. The maximum Gasteiger partial charge on any atom is 0.310 e. The van der Waals surface area contributed by atoms with Crippen molar-refractivity contribution >= 4 is 5.97 Å². The minimum atomic E-state index is -0.593. The van der Waals surface area contributed by atoms with Crippen molar-refractivity contribution < 1.29 is 9.90 Å². The first-order valence-electron chi connectivity index (χ1n) is 9.60. The quantitative estimate of drug-likeness (QED) is 0.336. The molecular formula is C20H36O2. The van der Waals surface area contributed by atoms with Gasteiger partial charge >= 0.3 is 5.97 Å². The Morgan fingerprint density at radius 2 is 1.73 bits per heavy atom. The summed E-state index contributed by atoms with van der Waals surface area (Å²) in [6, 6.07) is 0. The van der Waals surface area contributed by atoms with E-state index < -0.39 is 5.97 Å². The lowest BCUT2D eigenvalue weighted by Crippen LogP contribution is -2.21. The predicted molar refractivity (Wildman–Crippen MR) is 94.1 cm³/mol. The summed E-state index contributed by atoms with van der Waals surface area (Å²) >= 11 is 0. The van der Waals surface area contributed by atoms with Crippen molar-refractivity contribution in [1.29, 1.82) is 0 Å². The fourth-order valence-electron chi connectivity index (χ4n) is 3.67. The summed E-state index contributed by atoms with van der Waals surface area (Å²) in [5.74, 6) is -0.209. The molecule has 1 unspecified atom stereocenters. The zero-order valence-electron chi connectivity index (χ0n) is 14.8. The number of hydrogen-bond donors (Lipinski definition) is 1. The summed E-state index contributed by atoms with van der Waals surface area (Å²) < 4.78 is 0. The van der Waals surface area contributed by atoms with Gasteiger partial charge in [-0.3, -0.25) is 4.79 Å². The zero-order chi connectivity index (χ0) is 16.2. The molecule has 2 nitrogen and oxygen atoms in total. The number of carboxylic acids is 1. The smallest absolute Gasteiger partial charge is 0.310 e. The monoisotopic (exact) mass is 308 g/mol. The maximum absolute atomic E-state index is 11.8. The van der Waals surface area contributed by atoms with Crippen molar-refractivity contribution in [1.82, 2.24) is 0 Å². The number of allylic oxidation sites excluding steroid dienone is 1. The fourth-order valence-corrected chi connectivity index (χ4v) is 3.67. The highest BCUT2D eigenvalue weighted by molar-refractivity contribution is 5.73. The van der Waals surface area contributed by atoms with E-state index in [1.54, 1.807) is 0 Å². The van der Waals surface area contributed by atoms with Crippen LogP contribution in [0.25, 0.3) is 0 Å². The van der Waals surface area contributed by atoms with Crippen molar-refractivity contribution in [2.45, 2.75) is 97.3 Å². The average molecular weight is 309 g/mol. The Balaban J connectivity index is 2.60. The number of hydrogen-bond acceptors (Lipinski definition) is 1. The molecule has 0 aromatic carbocycles. The molecule has 0 saturated heterocycles. The molecule has 0 radical (unpaired) electrons. The second kappa shape index (κ2) is 11.7. The van der Waals surface area contributed by atoms with Gasteiger partial charge in [0, 0.05) is 0 Å². The van der Waals surface area contributed by atoms with Crippen LogP contribution in [0.5, 0.6) is 0 Å². The van der Waals surface area contributed by atoms with Crippen molar-refractivity contribution in [3.63, 3.8) is 0 Å². The largest absolute Gasteiger partial charge is 0.481 e. The molecule has 0 fully saturated rings. The van der Waals surface area contributed by atoms with E-state index >= 15 is 0 Å². The highest BCUT2D eigenvalue weighted by atomic mass is 16.4. The Morgan fingerprint density at radius 3 is 2.18 bits per heavy atom. The van der Waals surface area contributed by atoms with Crippen molar-refractivity contribution in [2.24, 2.45) is 11.8 Å². The molecule has 1 N–H and O–H groups in total. The van der Waals surface area contributed by atoms with Crippen LogP contribution in [0.1, 0.15) is 97.3 Å². The van der Waals surface area contributed by atoms with E-state index in [-0.39, 0.29) is 5.92 Å². The Labute approximate surface area is 137 Å². The third-order valence-corrected chi connectivity index (χ3v) is 5.07. The molecule has 0 saturated carbocycles. The standard InChI is InChI=1S/C20H36O2/c1-3-5-8-12-17(13-9-6-4-2)16-19(20(21)22)18-14-10-7-11-15-18/h14,17,19H,3-13,15-16H2,1-2H3,(H,21,22). The molecule has 2 heteroatoms. The highest BCUT2D eigenvalue weighted by Gasteiger charge is 2.26. The normalized spacial score (nSPS) is 16.6. The van der Waals surface area contributed by atoms with Crippen LogP contribution in [0.2, 0.25) is 0 Å². The number of rotatable bonds is 12. The molecule has 0 heterocycles. The third kappa shape index (κ3) is 7.47. The van der Waals surface area contributed by atoms with Crippen LogP contribution in [-0.4, -0.2) is 11.1 Å². The van der Waals surface area contributed by atoms with Gasteiger partial charge in [-0.05, 0) is 38.0 Å². The van der Waals surface area contributed by atoms with Gasteiger partial charge in [0.25, 0.3) is 0 Å².